The lowest BCUT2D eigenvalue weighted by molar-refractivity contribution is -0.0245. The molecule has 1 atom stereocenters. The number of nitrogens with zero attached hydrogens (tertiary/aromatic N) is 5. The van der Waals surface area contributed by atoms with Crippen molar-refractivity contribution in [3.63, 3.8) is 0 Å². The van der Waals surface area contributed by atoms with E-state index in [9.17, 15) is 4.79 Å². The van der Waals surface area contributed by atoms with Crippen LogP contribution in [0.3, 0.4) is 0 Å². The molecule has 0 aliphatic carbocycles. The van der Waals surface area contributed by atoms with E-state index in [0.717, 1.165) is 31.0 Å². The zero-order chi connectivity index (χ0) is 17.9. The van der Waals surface area contributed by atoms with Gasteiger partial charge in [0.1, 0.15) is 5.65 Å². The highest BCUT2D eigenvalue weighted by atomic mass is 16.5. The second kappa shape index (κ2) is 7.27. The minimum atomic E-state index is -0.133. The maximum Gasteiger partial charge on any atom is 0.293 e. The molecule has 8 heteroatoms. The van der Waals surface area contributed by atoms with Gasteiger partial charge in [0.25, 0.3) is 5.56 Å². The summed E-state index contributed by atoms with van der Waals surface area (Å²) in [6.45, 7) is 3.71. The van der Waals surface area contributed by atoms with Crippen molar-refractivity contribution in [2.45, 2.75) is 12.6 Å². The average Bonchev–Trinajstić information content (AvgIpc) is 3.06. The van der Waals surface area contributed by atoms with Crippen LogP contribution in [0.4, 0.5) is 5.82 Å². The second-order valence-corrected chi connectivity index (χ2v) is 6.48. The van der Waals surface area contributed by atoms with Gasteiger partial charge in [-0.2, -0.15) is 0 Å². The van der Waals surface area contributed by atoms with Gasteiger partial charge in [-0.25, -0.2) is 9.97 Å². The number of aryl methyl sites for hydroxylation is 1. The average molecular weight is 354 g/mol. The predicted octanol–water partition coefficient (Wildman–Crippen LogP) is 0.741. The van der Waals surface area contributed by atoms with E-state index in [1.165, 1.54) is 4.57 Å². The van der Waals surface area contributed by atoms with Gasteiger partial charge in [0.2, 0.25) is 0 Å². The van der Waals surface area contributed by atoms with E-state index in [1.54, 1.807) is 19.4 Å². The number of nitrogens with one attached hydrogen (secondary N) is 1. The molecule has 1 aliphatic rings. The van der Waals surface area contributed by atoms with Gasteiger partial charge in [0.15, 0.2) is 5.82 Å². The lowest BCUT2D eigenvalue weighted by Crippen LogP contribution is -2.45. The van der Waals surface area contributed by atoms with E-state index in [2.05, 4.69) is 24.6 Å². The Kier molecular flexibility index (Phi) is 4.68. The minimum Gasteiger partial charge on any atom is -0.374 e. The van der Waals surface area contributed by atoms with Crippen molar-refractivity contribution in [3.05, 3.63) is 59.0 Å². The lowest BCUT2D eigenvalue weighted by atomic mass is 10.2. The molecule has 0 radical (unpaired) electrons. The van der Waals surface area contributed by atoms with E-state index in [4.69, 9.17) is 4.74 Å². The summed E-state index contributed by atoms with van der Waals surface area (Å²) in [5.41, 5.74) is 1.98. The summed E-state index contributed by atoms with van der Waals surface area (Å²) in [6.07, 6.45) is 7.23. The molecular weight excluding hydrogens is 332 g/mol. The van der Waals surface area contributed by atoms with Crippen molar-refractivity contribution in [2.75, 3.05) is 31.6 Å². The van der Waals surface area contributed by atoms with E-state index in [0.29, 0.717) is 19.0 Å². The number of rotatable bonds is 5. The smallest absolute Gasteiger partial charge is 0.293 e. The van der Waals surface area contributed by atoms with Gasteiger partial charge in [-0.05, 0) is 12.1 Å². The molecule has 0 amide bonds. The number of fused-ring (bicyclic) bond motifs is 1. The van der Waals surface area contributed by atoms with E-state index in [-0.39, 0.29) is 11.7 Å². The van der Waals surface area contributed by atoms with Crippen LogP contribution in [0.15, 0.2) is 47.8 Å². The molecular formula is C18H22N6O2. The summed E-state index contributed by atoms with van der Waals surface area (Å²) in [4.78, 5) is 22.9. The zero-order valence-corrected chi connectivity index (χ0v) is 14.7. The first kappa shape index (κ1) is 16.7. The number of imidazole rings is 1. The number of aromatic nitrogens is 4. The van der Waals surface area contributed by atoms with Crippen LogP contribution in [0, 0.1) is 0 Å². The zero-order valence-electron chi connectivity index (χ0n) is 14.7. The molecule has 3 aromatic heterocycles. The third kappa shape index (κ3) is 3.47. The van der Waals surface area contributed by atoms with Gasteiger partial charge in [0.05, 0.1) is 24.6 Å². The standard InChI is InChI=1S/C18H22N6O2/c1-22-7-5-19-17(18(22)25)21-11-15-13-23(8-9-26-15)12-14-10-20-16-4-2-3-6-24(14)16/h2-7,10,15H,8-9,11-13H2,1H3,(H,19,21). The molecule has 1 aliphatic heterocycles. The van der Waals surface area contributed by atoms with Crippen molar-refractivity contribution < 1.29 is 4.74 Å². The van der Waals surface area contributed by atoms with Crippen LogP contribution < -0.4 is 10.9 Å². The van der Waals surface area contributed by atoms with Gasteiger partial charge in [-0.3, -0.25) is 9.69 Å². The molecule has 3 aromatic rings. The number of hydrogen-bond donors (Lipinski definition) is 1. The Balaban J connectivity index is 1.38. The first-order valence-corrected chi connectivity index (χ1v) is 8.71. The Hall–Kier alpha value is -2.71. The van der Waals surface area contributed by atoms with Crippen LogP contribution in [0.25, 0.3) is 5.65 Å². The summed E-state index contributed by atoms with van der Waals surface area (Å²) < 4.78 is 9.46. The molecule has 26 heavy (non-hydrogen) atoms. The maximum atomic E-state index is 12.0. The largest absolute Gasteiger partial charge is 0.374 e. The lowest BCUT2D eigenvalue weighted by Gasteiger charge is -2.32. The molecule has 1 N–H and O–H groups in total. The number of ether oxygens (including phenoxy) is 1. The van der Waals surface area contributed by atoms with Crippen LogP contribution in [0.5, 0.6) is 0 Å². The Labute approximate surface area is 151 Å². The summed E-state index contributed by atoms with van der Waals surface area (Å²) in [5, 5.41) is 3.12. The molecule has 0 spiro atoms. The molecule has 4 rings (SSSR count). The minimum absolute atomic E-state index is 0.00893. The topological polar surface area (TPSA) is 76.7 Å². The van der Waals surface area contributed by atoms with Gasteiger partial charge in [0, 0.05) is 51.8 Å². The SMILES string of the molecule is Cn1ccnc(NCC2CN(Cc3cnc4ccccn34)CCO2)c1=O. The molecule has 0 aromatic carbocycles. The monoisotopic (exact) mass is 354 g/mol. The third-order valence-electron chi connectivity index (χ3n) is 4.62. The molecule has 0 bridgehead atoms. The normalized spacial score (nSPS) is 18.3. The molecule has 1 saturated heterocycles. The van der Waals surface area contributed by atoms with Crippen molar-refractivity contribution in [2.24, 2.45) is 7.05 Å². The number of anilines is 1. The van der Waals surface area contributed by atoms with Gasteiger partial charge in [-0.1, -0.05) is 6.07 Å². The molecule has 8 nitrogen and oxygen atoms in total. The molecule has 136 valence electrons. The van der Waals surface area contributed by atoms with E-state index >= 15 is 0 Å². The van der Waals surface area contributed by atoms with Crippen molar-refractivity contribution in [1.82, 2.24) is 23.8 Å². The van der Waals surface area contributed by atoms with Crippen LogP contribution in [-0.4, -0.2) is 56.2 Å². The molecule has 0 saturated carbocycles. The highest BCUT2D eigenvalue weighted by molar-refractivity contribution is 5.39. The van der Waals surface area contributed by atoms with Gasteiger partial charge in [-0.15, -0.1) is 0 Å². The fraction of sp³-hybridized carbons (Fsp3) is 0.389. The fourth-order valence-corrected chi connectivity index (χ4v) is 3.21. The summed E-state index contributed by atoms with van der Waals surface area (Å²) in [6, 6.07) is 6.00. The van der Waals surface area contributed by atoms with Crippen molar-refractivity contribution in [1.29, 1.82) is 0 Å². The summed E-state index contributed by atoms with van der Waals surface area (Å²) in [5.74, 6) is 0.359. The fourth-order valence-electron chi connectivity index (χ4n) is 3.21. The van der Waals surface area contributed by atoms with E-state index < -0.39 is 0 Å². The highest BCUT2D eigenvalue weighted by Crippen LogP contribution is 2.13. The molecule has 4 heterocycles. The van der Waals surface area contributed by atoms with Crippen LogP contribution in [0.2, 0.25) is 0 Å². The number of hydrogen-bond acceptors (Lipinski definition) is 6. The number of pyridine rings is 1. The first-order chi connectivity index (χ1) is 12.7. The van der Waals surface area contributed by atoms with Crippen LogP contribution in [0.1, 0.15) is 5.69 Å². The number of morpholine rings is 1. The summed E-state index contributed by atoms with van der Waals surface area (Å²) >= 11 is 0. The van der Waals surface area contributed by atoms with Crippen molar-refractivity contribution in [3.8, 4) is 0 Å². The van der Waals surface area contributed by atoms with Crippen molar-refractivity contribution >= 4 is 11.5 Å². The third-order valence-corrected chi connectivity index (χ3v) is 4.62. The molecule has 1 unspecified atom stereocenters. The quantitative estimate of drug-likeness (QED) is 0.728. The highest BCUT2D eigenvalue weighted by Gasteiger charge is 2.21. The van der Waals surface area contributed by atoms with Crippen LogP contribution in [-0.2, 0) is 18.3 Å². The molecule has 1 fully saturated rings. The Morgan fingerprint density at radius 3 is 3.15 bits per heavy atom. The van der Waals surface area contributed by atoms with Gasteiger partial charge >= 0.3 is 0 Å². The Morgan fingerprint density at radius 2 is 2.23 bits per heavy atom. The Bertz CT molecular complexity index is 950. The second-order valence-electron chi connectivity index (χ2n) is 6.48. The maximum absolute atomic E-state index is 12.0. The first-order valence-electron chi connectivity index (χ1n) is 8.71. The van der Waals surface area contributed by atoms with E-state index in [1.807, 2.05) is 30.6 Å². The van der Waals surface area contributed by atoms with Crippen LogP contribution >= 0.6 is 0 Å². The Morgan fingerprint density at radius 1 is 1.31 bits per heavy atom. The summed E-state index contributed by atoms with van der Waals surface area (Å²) in [7, 11) is 1.71. The van der Waals surface area contributed by atoms with Gasteiger partial charge < -0.3 is 19.0 Å². The predicted molar refractivity (Wildman–Crippen MR) is 98.2 cm³/mol.